The molecule has 186 valence electrons. The van der Waals surface area contributed by atoms with Crippen molar-refractivity contribution in [2.75, 3.05) is 29.2 Å². The molecule has 2 heterocycles. The first-order chi connectivity index (χ1) is 17.2. The zero-order valence-electron chi connectivity index (χ0n) is 19.0. The number of carbonyl (C=O) groups excluding carboxylic acids is 3. The molecule has 1 atom stereocenters. The number of hydrogen-bond donors (Lipinski definition) is 2. The Morgan fingerprint density at radius 1 is 1.08 bits per heavy atom. The van der Waals surface area contributed by atoms with Gasteiger partial charge in [0, 0.05) is 42.8 Å². The van der Waals surface area contributed by atoms with Gasteiger partial charge < -0.3 is 20.3 Å². The second-order valence-electron chi connectivity index (χ2n) is 8.05. The molecular formula is C25H21F3N4O4. The van der Waals surface area contributed by atoms with Gasteiger partial charge in [-0.25, -0.2) is 0 Å². The van der Waals surface area contributed by atoms with Crippen LogP contribution in [0, 0.1) is 5.92 Å². The lowest BCUT2D eigenvalue weighted by molar-refractivity contribution is -0.137. The van der Waals surface area contributed by atoms with E-state index in [-0.39, 0.29) is 24.4 Å². The van der Waals surface area contributed by atoms with Crippen LogP contribution in [0.2, 0.25) is 0 Å². The number of aromatic nitrogens is 1. The quantitative estimate of drug-likeness (QED) is 0.526. The molecule has 1 aromatic heterocycles. The van der Waals surface area contributed by atoms with Crippen LogP contribution in [-0.2, 0) is 15.8 Å². The Morgan fingerprint density at radius 2 is 1.89 bits per heavy atom. The first-order valence-electron chi connectivity index (χ1n) is 10.8. The molecule has 1 aliphatic heterocycles. The smallest absolute Gasteiger partial charge is 0.416 e. The number of ether oxygens (including phenoxy) is 1. The number of amides is 3. The van der Waals surface area contributed by atoms with Crippen LogP contribution in [-0.4, -0.2) is 36.4 Å². The average Bonchev–Trinajstić information content (AvgIpc) is 3.26. The van der Waals surface area contributed by atoms with E-state index >= 15 is 0 Å². The summed E-state index contributed by atoms with van der Waals surface area (Å²) < 4.78 is 44.5. The number of pyridine rings is 1. The summed E-state index contributed by atoms with van der Waals surface area (Å²) in [6, 6.07) is 12.3. The Bertz CT molecular complexity index is 1300. The predicted molar refractivity (Wildman–Crippen MR) is 126 cm³/mol. The Balaban J connectivity index is 1.43. The Labute approximate surface area is 204 Å². The van der Waals surface area contributed by atoms with E-state index in [2.05, 4.69) is 15.6 Å². The van der Waals surface area contributed by atoms with Crippen LogP contribution >= 0.6 is 0 Å². The molecule has 1 unspecified atom stereocenters. The highest BCUT2D eigenvalue weighted by molar-refractivity contribution is 6.06. The van der Waals surface area contributed by atoms with Crippen molar-refractivity contribution in [1.82, 2.24) is 4.98 Å². The van der Waals surface area contributed by atoms with Crippen LogP contribution < -0.4 is 20.3 Å². The summed E-state index contributed by atoms with van der Waals surface area (Å²) in [5.41, 5.74) is 0.300. The molecule has 3 aromatic rings. The summed E-state index contributed by atoms with van der Waals surface area (Å²) in [6.45, 7) is -0.0532. The van der Waals surface area contributed by atoms with Gasteiger partial charge in [-0.2, -0.15) is 13.2 Å². The lowest BCUT2D eigenvalue weighted by Crippen LogP contribution is -2.28. The number of benzene rings is 2. The molecule has 1 fully saturated rings. The number of rotatable bonds is 6. The normalized spacial score (nSPS) is 15.5. The molecule has 8 nitrogen and oxygen atoms in total. The van der Waals surface area contributed by atoms with Crippen molar-refractivity contribution >= 4 is 34.8 Å². The van der Waals surface area contributed by atoms with Crippen molar-refractivity contribution in [2.45, 2.75) is 12.6 Å². The van der Waals surface area contributed by atoms with Crippen molar-refractivity contribution in [3.63, 3.8) is 0 Å². The number of halogens is 3. The number of anilines is 3. The minimum Gasteiger partial charge on any atom is -0.494 e. The Morgan fingerprint density at radius 3 is 2.58 bits per heavy atom. The topological polar surface area (TPSA) is 101 Å². The molecule has 0 bridgehead atoms. The monoisotopic (exact) mass is 498 g/mol. The molecule has 2 N–H and O–H groups in total. The third-order valence-corrected chi connectivity index (χ3v) is 5.62. The van der Waals surface area contributed by atoms with Gasteiger partial charge in [0.2, 0.25) is 11.8 Å². The summed E-state index contributed by atoms with van der Waals surface area (Å²) >= 11 is 0. The van der Waals surface area contributed by atoms with Crippen molar-refractivity contribution in [3.05, 3.63) is 78.1 Å². The maximum atomic E-state index is 13.0. The number of methoxy groups -OCH3 is 1. The fourth-order valence-corrected chi connectivity index (χ4v) is 3.79. The summed E-state index contributed by atoms with van der Waals surface area (Å²) in [6.07, 6.45) is -1.72. The lowest BCUT2D eigenvalue weighted by Gasteiger charge is -2.18. The van der Waals surface area contributed by atoms with Crippen LogP contribution in [0.1, 0.15) is 22.3 Å². The maximum Gasteiger partial charge on any atom is 0.416 e. The highest BCUT2D eigenvalue weighted by Crippen LogP contribution is 2.34. The molecule has 2 aromatic carbocycles. The second kappa shape index (κ2) is 10.1. The molecule has 36 heavy (non-hydrogen) atoms. The van der Waals surface area contributed by atoms with Crippen molar-refractivity contribution in [3.8, 4) is 5.75 Å². The van der Waals surface area contributed by atoms with Gasteiger partial charge >= 0.3 is 6.18 Å². The fourth-order valence-electron chi connectivity index (χ4n) is 3.79. The third kappa shape index (κ3) is 5.45. The molecule has 11 heteroatoms. The van der Waals surface area contributed by atoms with Gasteiger partial charge in [0.15, 0.2) is 0 Å². The van der Waals surface area contributed by atoms with Crippen LogP contribution in [0.25, 0.3) is 0 Å². The van der Waals surface area contributed by atoms with E-state index in [4.69, 9.17) is 4.74 Å². The zero-order valence-corrected chi connectivity index (χ0v) is 19.0. The lowest BCUT2D eigenvalue weighted by atomic mass is 10.1. The van der Waals surface area contributed by atoms with E-state index < -0.39 is 35.4 Å². The zero-order chi connectivity index (χ0) is 25.9. The van der Waals surface area contributed by atoms with Gasteiger partial charge in [0.05, 0.1) is 29.8 Å². The van der Waals surface area contributed by atoms with Crippen LogP contribution in [0.5, 0.6) is 5.75 Å². The average molecular weight is 498 g/mol. The summed E-state index contributed by atoms with van der Waals surface area (Å²) in [4.78, 5) is 42.8. The molecule has 0 spiro atoms. The Hall–Kier alpha value is -4.41. The molecule has 0 aliphatic carbocycles. The SMILES string of the molecule is COc1cc(NC(=O)C2CC(=O)N(c3cccc(C(F)(F)F)c3)C2)ccc1NC(=O)c1cccnc1. The van der Waals surface area contributed by atoms with Gasteiger partial charge in [0.1, 0.15) is 5.75 Å². The second-order valence-corrected chi connectivity index (χ2v) is 8.05. The van der Waals surface area contributed by atoms with Crippen LogP contribution in [0.4, 0.5) is 30.2 Å². The van der Waals surface area contributed by atoms with Crippen LogP contribution in [0.15, 0.2) is 67.0 Å². The molecule has 1 saturated heterocycles. The third-order valence-electron chi connectivity index (χ3n) is 5.62. The highest BCUT2D eigenvalue weighted by atomic mass is 19.4. The molecule has 0 radical (unpaired) electrons. The molecular weight excluding hydrogens is 477 g/mol. The molecule has 3 amide bonds. The number of hydrogen-bond acceptors (Lipinski definition) is 5. The van der Waals surface area contributed by atoms with Gasteiger partial charge in [-0.05, 0) is 42.5 Å². The van der Waals surface area contributed by atoms with E-state index in [0.29, 0.717) is 16.9 Å². The van der Waals surface area contributed by atoms with E-state index in [1.807, 2.05) is 0 Å². The first-order valence-corrected chi connectivity index (χ1v) is 10.8. The van der Waals surface area contributed by atoms with E-state index in [1.165, 1.54) is 36.4 Å². The number of carbonyl (C=O) groups is 3. The first kappa shape index (κ1) is 24.7. The predicted octanol–water partition coefficient (Wildman–Crippen LogP) is 4.35. The van der Waals surface area contributed by atoms with Gasteiger partial charge in [-0.1, -0.05) is 6.07 Å². The van der Waals surface area contributed by atoms with E-state index in [9.17, 15) is 27.6 Å². The Kier molecular flexibility index (Phi) is 6.91. The van der Waals surface area contributed by atoms with Crippen molar-refractivity contribution in [1.29, 1.82) is 0 Å². The van der Waals surface area contributed by atoms with Gasteiger partial charge in [-0.15, -0.1) is 0 Å². The summed E-state index contributed by atoms with van der Waals surface area (Å²) in [5, 5.41) is 5.41. The molecule has 4 rings (SSSR count). The number of alkyl halides is 3. The molecule has 0 saturated carbocycles. The standard InChI is InChI=1S/C25H21F3N4O4/c1-36-21-12-18(7-8-20(21)31-23(34)15-4-3-9-29-13-15)30-24(35)16-10-22(33)32(14-16)19-6-2-5-17(11-19)25(26,27)28/h2-9,11-13,16H,10,14H2,1H3,(H,30,35)(H,31,34). The minimum atomic E-state index is -4.54. The minimum absolute atomic E-state index is 0.0532. The fraction of sp³-hybridized carbons (Fsp3) is 0.200. The van der Waals surface area contributed by atoms with Gasteiger partial charge in [-0.3, -0.25) is 19.4 Å². The summed E-state index contributed by atoms with van der Waals surface area (Å²) in [7, 11) is 1.41. The maximum absolute atomic E-state index is 13.0. The van der Waals surface area contributed by atoms with Crippen molar-refractivity contribution < 1.29 is 32.3 Å². The van der Waals surface area contributed by atoms with Crippen molar-refractivity contribution in [2.24, 2.45) is 5.92 Å². The number of nitrogens with one attached hydrogen (secondary N) is 2. The molecule has 1 aliphatic rings. The van der Waals surface area contributed by atoms with E-state index in [0.717, 1.165) is 12.1 Å². The van der Waals surface area contributed by atoms with Gasteiger partial charge in [0.25, 0.3) is 5.91 Å². The van der Waals surface area contributed by atoms with E-state index in [1.54, 1.807) is 30.5 Å². The van der Waals surface area contributed by atoms with Crippen LogP contribution in [0.3, 0.4) is 0 Å². The largest absolute Gasteiger partial charge is 0.494 e. The summed E-state index contributed by atoms with van der Waals surface area (Å²) in [5.74, 6) is -1.77. The number of nitrogens with zero attached hydrogens (tertiary/aromatic N) is 2. The highest BCUT2D eigenvalue weighted by Gasteiger charge is 2.37.